The van der Waals surface area contributed by atoms with Gasteiger partial charge in [0.05, 0.1) is 23.8 Å². The van der Waals surface area contributed by atoms with E-state index in [9.17, 15) is 8.42 Å². The lowest BCUT2D eigenvalue weighted by Gasteiger charge is -2.14. The third-order valence-electron chi connectivity index (χ3n) is 3.75. The Balaban J connectivity index is 1.95. The third-order valence-corrected chi connectivity index (χ3v) is 5.09. The molecule has 0 amide bonds. The van der Waals surface area contributed by atoms with Crippen LogP contribution in [0.5, 0.6) is 11.5 Å². The van der Waals surface area contributed by atoms with E-state index in [1.807, 2.05) is 32.0 Å². The molecule has 0 aliphatic carbocycles. The second-order valence-electron chi connectivity index (χ2n) is 5.53. The maximum absolute atomic E-state index is 12.7. The van der Waals surface area contributed by atoms with Crippen LogP contribution in [0.2, 0.25) is 0 Å². The normalized spacial score (nSPS) is 14.2. The lowest BCUT2D eigenvalue weighted by molar-refractivity contribution is 0.297. The van der Waals surface area contributed by atoms with Crippen molar-refractivity contribution in [2.24, 2.45) is 0 Å². The molecule has 0 bridgehead atoms. The molecule has 2 aromatic rings. The van der Waals surface area contributed by atoms with Gasteiger partial charge in [0.25, 0.3) is 10.0 Å². The van der Waals surface area contributed by atoms with Gasteiger partial charge >= 0.3 is 0 Å². The summed E-state index contributed by atoms with van der Waals surface area (Å²) < 4.78 is 39.1. The van der Waals surface area contributed by atoms with Crippen LogP contribution in [0.1, 0.15) is 17.5 Å². The van der Waals surface area contributed by atoms with Crippen molar-refractivity contribution >= 4 is 15.7 Å². The van der Waals surface area contributed by atoms with Crippen LogP contribution >= 0.6 is 0 Å². The number of rotatable bonds is 3. The fourth-order valence-corrected chi connectivity index (χ4v) is 3.70. The first-order valence-corrected chi connectivity index (χ1v) is 8.94. The molecular formula is C17H19NO4S. The van der Waals surface area contributed by atoms with Gasteiger partial charge in [0, 0.05) is 12.5 Å². The molecule has 122 valence electrons. The molecule has 2 aromatic carbocycles. The van der Waals surface area contributed by atoms with E-state index in [0.717, 1.165) is 17.5 Å². The van der Waals surface area contributed by atoms with Crippen molar-refractivity contribution in [3.63, 3.8) is 0 Å². The summed E-state index contributed by atoms with van der Waals surface area (Å²) in [6.45, 7) is 4.83. The molecule has 0 aromatic heterocycles. The Labute approximate surface area is 136 Å². The lowest BCUT2D eigenvalue weighted by Crippen LogP contribution is -2.15. The summed E-state index contributed by atoms with van der Waals surface area (Å²) in [6.07, 6.45) is 0.775. The van der Waals surface area contributed by atoms with Crippen LogP contribution in [0.15, 0.2) is 41.3 Å². The van der Waals surface area contributed by atoms with Gasteiger partial charge in [-0.3, -0.25) is 4.72 Å². The Morgan fingerprint density at radius 1 is 0.957 bits per heavy atom. The van der Waals surface area contributed by atoms with Crippen molar-refractivity contribution in [1.82, 2.24) is 0 Å². The molecule has 0 unspecified atom stereocenters. The fourth-order valence-electron chi connectivity index (χ4n) is 2.48. The SMILES string of the molecule is Cc1cccc(C)c1NS(=O)(=O)c1ccc2c(c1)OCCCO2. The zero-order valence-electron chi connectivity index (χ0n) is 13.1. The first-order chi connectivity index (χ1) is 11.0. The molecule has 0 saturated heterocycles. The number of nitrogens with one attached hydrogen (secondary N) is 1. The van der Waals surface area contributed by atoms with E-state index in [2.05, 4.69) is 4.72 Å². The van der Waals surface area contributed by atoms with Crippen LogP contribution < -0.4 is 14.2 Å². The summed E-state index contributed by atoms with van der Waals surface area (Å²) in [6, 6.07) is 10.3. The molecule has 6 heteroatoms. The van der Waals surface area contributed by atoms with Crippen molar-refractivity contribution < 1.29 is 17.9 Å². The van der Waals surface area contributed by atoms with Gasteiger partial charge in [0.1, 0.15) is 0 Å². The van der Waals surface area contributed by atoms with Crippen LogP contribution in [0.4, 0.5) is 5.69 Å². The van der Waals surface area contributed by atoms with Crippen molar-refractivity contribution in [2.45, 2.75) is 25.2 Å². The molecule has 1 N–H and O–H groups in total. The van der Waals surface area contributed by atoms with Gasteiger partial charge in [-0.1, -0.05) is 18.2 Å². The predicted molar refractivity (Wildman–Crippen MR) is 88.8 cm³/mol. The maximum atomic E-state index is 12.7. The van der Waals surface area contributed by atoms with Gasteiger partial charge in [-0.2, -0.15) is 0 Å². The fraction of sp³-hybridized carbons (Fsp3) is 0.294. The highest BCUT2D eigenvalue weighted by atomic mass is 32.2. The quantitative estimate of drug-likeness (QED) is 0.936. The third kappa shape index (κ3) is 3.27. The van der Waals surface area contributed by atoms with E-state index >= 15 is 0 Å². The molecule has 1 aliphatic heterocycles. The first kappa shape index (κ1) is 15.7. The molecule has 1 aliphatic rings. The van der Waals surface area contributed by atoms with E-state index in [0.29, 0.717) is 30.4 Å². The topological polar surface area (TPSA) is 64.6 Å². The standard InChI is InChI=1S/C17H19NO4S/c1-12-5-3-6-13(2)17(12)18-23(19,20)14-7-8-15-16(11-14)22-10-4-9-21-15/h3,5-8,11,18H,4,9-10H2,1-2H3. The summed E-state index contributed by atoms with van der Waals surface area (Å²) in [4.78, 5) is 0.157. The van der Waals surface area contributed by atoms with Gasteiger partial charge in [-0.15, -0.1) is 0 Å². The van der Waals surface area contributed by atoms with E-state index in [1.165, 1.54) is 12.1 Å². The second-order valence-corrected chi connectivity index (χ2v) is 7.21. The van der Waals surface area contributed by atoms with Crippen LogP contribution in [-0.2, 0) is 10.0 Å². The number of sulfonamides is 1. The molecule has 0 saturated carbocycles. The van der Waals surface area contributed by atoms with E-state index in [4.69, 9.17) is 9.47 Å². The van der Waals surface area contributed by atoms with Gasteiger partial charge < -0.3 is 9.47 Å². The molecule has 23 heavy (non-hydrogen) atoms. The van der Waals surface area contributed by atoms with Crippen LogP contribution in [0.25, 0.3) is 0 Å². The number of ether oxygens (including phenoxy) is 2. The van der Waals surface area contributed by atoms with Crippen LogP contribution in [0, 0.1) is 13.8 Å². The van der Waals surface area contributed by atoms with Crippen LogP contribution in [0.3, 0.4) is 0 Å². The molecule has 3 rings (SSSR count). The lowest BCUT2D eigenvalue weighted by atomic mass is 10.1. The number of hydrogen-bond acceptors (Lipinski definition) is 4. The maximum Gasteiger partial charge on any atom is 0.262 e. The van der Waals surface area contributed by atoms with Crippen molar-refractivity contribution in [1.29, 1.82) is 0 Å². The van der Waals surface area contributed by atoms with Crippen LogP contribution in [-0.4, -0.2) is 21.6 Å². The summed E-state index contributed by atoms with van der Waals surface area (Å²) in [5, 5.41) is 0. The Morgan fingerprint density at radius 3 is 2.30 bits per heavy atom. The molecule has 1 heterocycles. The average Bonchev–Trinajstić information content (AvgIpc) is 2.75. The Bertz CT molecular complexity index is 810. The zero-order valence-corrected chi connectivity index (χ0v) is 13.9. The van der Waals surface area contributed by atoms with E-state index < -0.39 is 10.0 Å². The number of benzene rings is 2. The molecule has 5 nitrogen and oxygen atoms in total. The van der Waals surface area contributed by atoms with Gasteiger partial charge in [-0.25, -0.2) is 8.42 Å². The molecule has 0 spiro atoms. The van der Waals surface area contributed by atoms with Crippen molar-refractivity contribution in [3.05, 3.63) is 47.5 Å². The van der Waals surface area contributed by atoms with Gasteiger partial charge in [0.2, 0.25) is 0 Å². The predicted octanol–water partition coefficient (Wildman–Crippen LogP) is 3.27. The smallest absolute Gasteiger partial charge is 0.262 e. The zero-order chi connectivity index (χ0) is 16.4. The monoisotopic (exact) mass is 333 g/mol. The number of fused-ring (bicyclic) bond motifs is 1. The highest BCUT2D eigenvalue weighted by Gasteiger charge is 2.20. The molecular weight excluding hydrogens is 314 g/mol. The molecule has 0 fully saturated rings. The number of para-hydroxylation sites is 1. The van der Waals surface area contributed by atoms with Gasteiger partial charge in [0.15, 0.2) is 11.5 Å². The van der Waals surface area contributed by atoms with E-state index in [-0.39, 0.29) is 4.90 Å². The Morgan fingerprint density at radius 2 is 1.61 bits per heavy atom. The number of hydrogen-bond donors (Lipinski definition) is 1. The number of anilines is 1. The van der Waals surface area contributed by atoms with E-state index in [1.54, 1.807) is 6.07 Å². The minimum Gasteiger partial charge on any atom is -0.490 e. The van der Waals surface area contributed by atoms with Crippen molar-refractivity contribution in [2.75, 3.05) is 17.9 Å². The summed E-state index contributed by atoms with van der Waals surface area (Å²) >= 11 is 0. The highest BCUT2D eigenvalue weighted by molar-refractivity contribution is 7.92. The Kier molecular flexibility index (Phi) is 4.17. The summed E-state index contributed by atoms with van der Waals surface area (Å²) in [7, 11) is -3.69. The highest BCUT2D eigenvalue weighted by Crippen LogP contribution is 2.33. The average molecular weight is 333 g/mol. The largest absolute Gasteiger partial charge is 0.490 e. The molecule has 0 atom stereocenters. The number of aryl methyl sites for hydroxylation is 2. The first-order valence-electron chi connectivity index (χ1n) is 7.46. The second kappa shape index (κ2) is 6.12. The Hall–Kier alpha value is -2.21. The van der Waals surface area contributed by atoms with Gasteiger partial charge in [-0.05, 0) is 37.1 Å². The minimum atomic E-state index is -3.69. The summed E-state index contributed by atoms with van der Waals surface area (Å²) in [5.41, 5.74) is 2.37. The molecule has 0 radical (unpaired) electrons. The summed E-state index contributed by atoms with van der Waals surface area (Å²) in [5.74, 6) is 1.04. The minimum absolute atomic E-state index is 0.157. The van der Waals surface area contributed by atoms with Crippen molar-refractivity contribution in [3.8, 4) is 11.5 Å².